The summed E-state index contributed by atoms with van der Waals surface area (Å²) in [5.41, 5.74) is 0.966. The van der Waals surface area contributed by atoms with Crippen molar-refractivity contribution in [3.05, 3.63) is 32.7 Å². The second-order valence-corrected chi connectivity index (χ2v) is 4.62. The quantitative estimate of drug-likeness (QED) is 0.794. The van der Waals surface area contributed by atoms with E-state index >= 15 is 0 Å². The van der Waals surface area contributed by atoms with Crippen molar-refractivity contribution >= 4 is 37.8 Å². The topological polar surface area (TPSA) is 26.3 Å². The van der Waals surface area contributed by atoms with Gasteiger partial charge >= 0.3 is 5.97 Å². The maximum Gasteiger partial charge on any atom is 0.305 e. The normalized spacial score (nSPS) is 9.93. The molecule has 0 unspecified atom stereocenters. The number of rotatable bonds is 3. The van der Waals surface area contributed by atoms with Gasteiger partial charge in [0.1, 0.15) is 6.61 Å². The van der Waals surface area contributed by atoms with Crippen molar-refractivity contribution in [3.8, 4) is 0 Å². The van der Waals surface area contributed by atoms with Gasteiger partial charge in [0.2, 0.25) is 0 Å². The summed E-state index contributed by atoms with van der Waals surface area (Å²) < 4.78 is 6.94. The van der Waals surface area contributed by atoms with Crippen LogP contribution in [0, 0.1) is 0 Å². The zero-order valence-electron chi connectivity index (χ0n) is 7.72. The summed E-state index contributed by atoms with van der Waals surface area (Å²) in [6.45, 7) is 2.10. The molecule has 0 amide bonds. The highest BCUT2D eigenvalue weighted by molar-refractivity contribution is 9.11. The molecule has 1 aromatic carbocycles. The van der Waals surface area contributed by atoms with Crippen LogP contribution in [0.5, 0.6) is 0 Å². The van der Waals surface area contributed by atoms with Crippen LogP contribution in [0.1, 0.15) is 18.9 Å². The molecule has 0 fully saturated rings. The van der Waals surface area contributed by atoms with Crippen LogP contribution in [0.3, 0.4) is 0 Å². The fourth-order valence-electron chi connectivity index (χ4n) is 0.960. The number of hydrogen-bond acceptors (Lipinski definition) is 2. The molecule has 0 aliphatic carbocycles. The molecule has 0 heterocycles. The van der Waals surface area contributed by atoms with Crippen LogP contribution >= 0.6 is 31.9 Å². The molecule has 14 heavy (non-hydrogen) atoms. The lowest BCUT2D eigenvalue weighted by molar-refractivity contribution is -0.144. The van der Waals surface area contributed by atoms with E-state index in [-0.39, 0.29) is 5.97 Å². The Labute approximate surface area is 99.9 Å². The number of esters is 1. The second-order valence-electron chi connectivity index (χ2n) is 2.79. The maximum absolute atomic E-state index is 10.9. The number of halogens is 2. The van der Waals surface area contributed by atoms with Crippen molar-refractivity contribution < 1.29 is 9.53 Å². The summed E-state index contributed by atoms with van der Waals surface area (Å²) in [4.78, 5) is 10.9. The molecular formula is C10H10Br2O2. The third-order valence-corrected chi connectivity index (χ3v) is 2.53. The number of carbonyl (C=O) groups excluding carboxylic acids is 1. The zero-order chi connectivity index (χ0) is 10.6. The smallest absolute Gasteiger partial charge is 0.305 e. The molecule has 1 rings (SSSR count). The average molecular weight is 322 g/mol. The number of hydrogen-bond donors (Lipinski definition) is 0. The second kappa shape index (κ2) is 5.51. The van der Waals surface area contributed by atoms with E-state index in [2.05, 4.69) is 31.9 Å². The van der Waals surface area contributed by atoms with Gasteiger partial charge in [0.05, 0.1) is 0 Å². The Morgan fingerprint density at radius 3 is 2.36 bits per heavy atom. The standard InChI is InChI=1S/C10H10Br2O2/c1-2-10(13)14-6-7-3-8(11)5-9(12)4-7/h3-5H,2,6H2,1H3. The van der Waals surface area contributed by atoms with E-state index in [4.69, 9.17) is 4.74 Å². The van der Waals surface area contributed by atoms with Gasteiger partial charge in [-0.25, -0.2) is 0 Å². The van der Waals surface area contributed by atoms with Crippen LogP contribution in [0.15, 0.2) is 27.1 Å². The van der Waals surface area contributed by atoms with Gasteiger partial charge in [-0.2, -0.15) is 0 Å². The van der Waals surface area contributed by atoms with E-state index in [1.807, 2.05) is 18.2 Å². The molecule has 0 aromatic heterocycles. The third kappa shape index (κ3) is 3.80. The van der Waals surface area contributed by atoms with E-state index in [0.29, 0.717) is 13.0 Å². The SMILES string of the molecule is CCC(=O)OCc1cc(Br)cc(Br)c1. The lowest BCUT2D eigenvalue weighted by atomic mass is 10.2. The zero-order valence-corrected chi connectivity index (χ0v) is 10.9. The molecule has 0 radical (unpaired) electrons. The van der Waals surface area contributed by atoms with Crippen molar-refractivity contribution in [2.75, 3.05) is 0 Å². The van der Waals surface area contributed by atoms with Gasteiger partial charge < -0.3 is 4.74 Å². The fourth-order valence-corrected chi connectivity index (χ4v) is 2.35. The highest BCUT2D eigenvalue weighted by Crippen LogP contribution is 2.20. The molecule has 2 nitrogen and oxygen atoms in total. The van der Waals surface area contributed by atoms with Crippen molar-refractivity contribution in [2.24, 2.45) is 0 Å². The van der Waals surface area contributed by atoms with Crippen molar-refractivity contribution in [2.45, 2.75) is 20.0 Å². The van der Waals surface area contributed by atoms with Crippen LogP contribution in [0.2, 0.25) is 0 Å². The van der Waals surface area contributed by atoms with Gasteiger partial charge in [0.15, 0.2) is 0 Å². The van der Waals surface area contributed by atoms with Crippen LogP contribution in [0.4, 0.5) is 0 Å². The van der Waals surface area contributed by atoms with E-state index < -0.39 is 0 Å². The van der Waals surface area contributed by atoms with E-state index in [1.165, 1.54) is 0 Å². The molecule has 0 aliphatic heterocycles. The van der Waals surface area contributed by atoms with Crippen LogP contribution < -0.4 is 0 Å². The first-order chi connectivity index (χ1) is 6.61. The number of benzene rings is 1. The Morgan fingerprint density at radius 1 is 1.29 bits per heavy atom. The predicted molar refractivity (Wildman–Crippen MR) is 61.9 cm³/mol. The molecule has 0 spiro atoms. The van der Waals surface area contributed by atoms with Gasteiger partial charge in [0.25, 0.3) is 0 Å². The van der Waals surface area contributed by atoms with Crippen molar-refractivity contribution in [1.82, 2.24) is 0 Å². The summed E-state index contributed by atoms with van der Waals surface area (Å²) >= 11 is 6.73. The molecule has 76 valence electrons. The Kier molecular flexibility index (Phi) is 4.62. The first kappa shape index (κ1) is 11.7. The Morgan fingerprint density at radius 2 is 1.86 bits per heavy atom. The van der Waals surface area contributed by atoms with Gasteiger partial charge in [-0.3, -0.25) is 4.79 Å². The van der Waals surface area contributed by atoms with Gasteiger partial charge in [-0.15, -0.1) is 0 Å². The molecule has 1 aromatic rings. The fraction of sp³-hybridized carbons (Fsp3) is 0.300. The van der Waals surface area contributed by atoms with E-state index in [0.717, 1.165) is 14.5 Å². The molecule has 0 bridgehead atoms. The summed E-state index contributed by atoms with van der Waals surface area (Å²) in [6.07, 6.45) is 0.412. The lowest BCUT2D eigenvalue weighted by Gasteiger charge is -2.04. The number of carbonyl (C=O) groups is 1. The molecule has 4 heteroatoms. The molecule has 0 N–H and O–H groups in total. The monoisotopic (exact) mass is 320 g/mol. The Hall–Kier alpha value is -0.350. The highest BCUT2D eigenvalue weighted by Gasteiger charge is 2.01. The Balaban J connectivity index is 2.63. The van der Waals surface area contributed by atoms with Crippen molar-refractivity contribution in [1.29, 1.82) is 0 Å². The highest BCUT2D eigenvalue weighted by atomic mass is 79.9. The minimum absolute atomic E-state index is 0.180. The van der Waals surface area contributed by atoms with Crippen LogP contribution in [-0.4, -0.2) is 5.97 Å². The van der Waals surface area contributed by atoms with E-state index in [1.54, 1.807) is 6.92 Å². The summed E-state index contributed by atoms with van der Waals surface area (Å²) in [5.74, 6) is -0.180. The van der Waals surface area contributed by atoms with Crippen LogP contribution in [0.25, 0.3) is 0 Å². The van der Waals surface area contributed by atoms with E-state index in [9.17, 15) is 4.79 Å². The first-order valence-electron chi connectivity index (χ1n) is 4.22. The minimum atomic E-state index is -0.180. The van der Waals surface area contributed by atoms with Gasteiger partial charge in [0, 0.05) is 15.4 Å². The van der Waals surface area contributed by atoms with Crippen LogP contribution in [-0.2, 0) is 16.1 Å². The van der Waals surface area contributed by atoms with Crippen molar-refractivity contribution in [3.63, 3.8) is 0 Å². The summed E-state index contributed by atoms with van der Waals surface area (Å²) in [5, 5.41) is 0. The minimum Gasteiger partial charge on any atom is -0.461 e. The Bertz CT molecular complexity index is 317. The van der Waals surface area contributed by atoms with Gasteiger partial charge in [-0.1, -0.05) is 38.8 Å². The number of ether oxygens (including phenoxy) is 1. The molecular weight excluding hydrogens is 312 g/mol. The average Bonchev–Trinajstić information content (AvgIpc) is 2.12. The maximum atomic E-state index is 10.9. The summed E-state index contributed by atoms with van der Waals surface area (Å²) in [6, 6.07) is 5.78. The molecule has 0 saturated carbocycles. The first-order valence-corrected chi connectivity index (χ1v) is 5.81. The molecule has 0 saturated heterocycles. The lowest BCUT2D eigenvalue weighted by Crippen LogP contribution is -2.02. The molecule has 0 atom stereocenters. The summed E-state index contributed by atoms with van der Waals surface area (Å²) in [7, 11) is 0. The van der Waals surface area contributed by atoms with Gasteiger partial charge in [-0.05, 0) is 23.8 Å². The third-order valence-electron chi connectivity index (χ3n) is 1.61. The largest absolute Gasteiger partial charge is 0.461 e. The predicted octanol–water partition coefficient (Wildman–Crippen LogP) is 3.66. The molecule has 0 aliphatic rings.